The molecule has 2 aromatic heterocycles. The van der Waals surface area contributed by atoms with E-state index in [0.29, 0.717) is 0 Å². The van der Waals surface area contributed by atoms with Crippen molar-refractivity contribution in [1.29, 1.82) is 0 Å². The number of oxazole rings is 1. The first kappa shape index (κ1) is 11.3. The number of nitrogens with zero attached hydrogens (tertiary/aromatic N) is 2. The standard InChI is InChI=1S/C11H15N3OS/c1-4-12-5-9-10(15-6-13-9)11-7(2)14-8(3)16-11/h6,12H,4-5H2,1-3H3. The molecule has 0 amide bonds. The van der Waals surface area contributed by atoms with Gasteiger partial charge in [0.15, 0.2) is 12.2 Å². The molecule has 0 fully saturated rings. The second kappa shape index (κ2) is 4.76. The molecule has 2 heterocycles. The maximum Gasteiger partial charge on any atom is 0.181 e. The molecule has 0 saturated heterocycles. The summed E-state index contributed by atoms with van der Waals surface area (Å²) in [6.07, 6.45) is 1.50. The van der Waals surface area contributed by atoms with Gasteiger partial charge in [-0.15, -0.1) is 11.3 Å². The first-order valence-corrected chi connectivity index (χ1v) is 6.11. The lowest BCUT2D eigenvalue weighted by Gasteiger charge is -2.00. The number of aryl methyl sites for hydroxylation is 2. The van der Waals surface area contributed by atoms with Crippen LogP contribution in [0.5, 0.6) is 0 Å². The van der Waals surface area contributed by atoms with Crippen LogP contribution in [-0.2, 0) is 6.54 Å². The van der Waals surface area contributed by atoms with Gasteiger partial charge < -0.3 is 9.73 Å². The van der Waals surface area contributed by atoms with E-state index in [4.69, 9.17) is 4.42 Å². The third-order valence-electron chi connectivity index (χ3n) is 2.29. The fourth-order valence-corrected chi connectivity index (χ4v) is 2.50. The van der Waals surface area contributed by atoms with Gasteiger partial charge in [-0.2, -0.15) is 0 Å². The number of nitrogens with one attached hydrogen (secondary N) is 1. The molecule has 2 aromatic rings. The van der Waals surface area contributed by atoms with Crippen molar-refractivity contribution in [3.8, 4) is 10.6 Å². The van der Waals surface area contributed by atoms with Gasteiger partial charge in [-0.25, -0.2) is 9.97 Å². The first-order chi connectivity index (χ1) is 7.72. The summed E-state index contributed by atoms with van der Waals surface area (Å²) in [7, 11) is 0. The molecule has 0 atom stereocenters. The van der Waals surface area contributed by atoms with Gasteiger partial charge in [0.25, 0.3) is 0 Å². The van der Waals surface area contributed by atoms with Crippen molar-refractivity contribution in [2.75, 3.05) is 6.54 Å². The summed E-state index contributed by atoms with van der Waals surface area (Å²) in [4.78, 5) is 9.71. The minimum absolute atomic E-state index is 0.735. The van der Waals surface area contributed by atoms with Gasteiger partial charge >= 0.3 is 0 Å². The second-order valence-electron chi connectivity index (χ2n) is 3.56. The zero-order valence-electron chi connectivity index (χ0n) is 9.70. The predicted octanol–water partition coefficient (Wildman–Crippen LogP) is 2.52. The molecular formula is C11H15N3OS. The Labute approximate surface area is 98.7 Å². The van der Waals surface area contributed by atoms with Gasteiger partial charge in [0, 0.05) is 6.54 Å². The quantitative estimate of drug-likeness (QED) is 0.887. The molecule has 0 unspecified atom stereocenters. The molecule has 0 aliphatic carbocycles. The summed E-state index contributed by atoms with van der Waals surface area (Å²) >= 11 is 1.65. The van der Waals surface area contributed by atoms with Crippen LogP contribution >= 0.6 is 11.3 Å². The van der Waals surface area contributed by atoms with Crippen LogP contribution in [-0.4, -0.2) is 16.5 Å². The van der Waals surface area contributed by atoms with Crippen LogP contribution in [0.15, 0.2) is 10.8 Å². The zero-order valence-corrected chi connectivity index (χ0v) is 10.5. The van der Waals surface area contributed by atoms with Gasteiger partial charge in [-0.1, -0.05) is 6.92 Å². The summed E-state index contributed by atoms with van der Waals surface area (Å²) in [6, 6.07) is 0. The Kier molecular flexibility index (Phi) is 3.36. The predicted molar refractivity (Wildman–Crippen MR) is 64.5 cm³/mol. The molecule has 4 nitrogen and oxygen atoms in total. The van der Waals surface area contributed by atoms with Crippen molar-refractivity contribution in [1.82, 2.24) is 15.3 Å². The van der Waals surface area contributed by atoms with E-state index in [2.05, 4.69) is 22.2 Å². The lowest BCUT2D eigenvalue weighted by atomic mass is 10.2. The highest BCUT2D eigenvalue weighted by molar-refractivity contribution is 7.15. The molecule has 86 valence electrons. The van der Waals surface area contributed by atoms with Crippen molar-refractivity contribution in [2.24, 2.45) is 0 Å². The number of rotatable bonds is 4. The normalized spacial score (nSPS) is 10.9. The molecule has 0 aliphatic rings. The van der Waals surface area contributed by atoms with Gasteiger partial charge in [0.05, 0.1) is 15.6 Å². The molecular weight excluding hydrogens is 222 g/mol. The van der Waals surface area contributed by atoms with Crippen LogP contribution in [0.4, 0.5) is 0 Å². The molecule has 0 saturated carbocycles. The Morgan fingerprint density at radius 1 is 1.44 bits per heavy atom. The van der Waals surface area contributed by atoms with Crippen LogP contribution in [0.3, 0.4) is 0 Å². The fraction of sp³-hybridized carbons (Fsp3) is 0.455. The van der Waals surface area contributed by atoms with E-state index in [1.54, 1.807) is 11.3 Å². The smallest absolute Gasteiger partial charge is 0.181 e. The highest BCUT2D eigenvalue weighted by Crippen LogP contribution is 2.31. The lowest BCUT2D eigenvalue weighted by Crippen LogP contribution is -2.12. The molecule has 0 radical (unpaired) electrons. The second-order valence-corrected chi connectivity index (χ2v) is 4.76. The Morgan fingerprint density at radius 2 is 2.25 bits per heavy atom. The maximum absolute atomic E-state index is 5.46. The zero-order chi connectivity index (χ0) is 11.5. The SMILES string of the molecule is CCNCc1ncoc1-c1sc(C)nc1C. The first-order valence-electron chi connectivity index (χ1n) is 5.29. The van der Waals surface area contributed by atoms with Crippen LogP contribution in [0, 0.1) is 13.8 Å². The largest absolute Gasteiger partial charge is 0.442 e. The summed E-state index contributed by atoms with van der Waals surface area (Å²) in [5, 5.41) is 4.30. The third kappa shape index (κ3) is 2.15. The number of aromatic nitrogens is 2. The van der Waals surface area contributed by atoms with Crippen molar-refractivity contribution in [3.63, 3.8) is 0 Å². The van der Waals surface area contributed by atoms with E-state index in [9.17, 15) is 0 Å². The molecule has 5 heteroatoms. The minimum Gasteiger partial charge on any atom is -0.442 e. The van der Waals surface area contributed by atoms with E-state index in [1.807, 2.05) is 13.8 Å². The summed E-state index contributed by atoms with van der Waals surface area (Å²) in [5.74, 6) is 0.851. The van der Waals surface area contributed by atoms with Crippen molar-refractivity contribution in [3.05, 3.63) is 22.8 Å². The van der Waals surface area contributed by atoms with Gasteiger partial charge in [0.2, 0.25) is 0 Å². The van der Waals surface area contributed by atoms with Gasteiger partial charge in [-0.05, 0) is 20.4 Å². The van der Waals surface area contributed by atoms with Gasteiger partial charge in [0.1, 0.15) is 5.69 Å². The molecule has 0 aliphatic heterocycles. The maximum atomic E-state index is 5.46. The molecule has 0 bridgehead atoms. The average Bonchev–Trinajstić information content (AvgIpc) is 2.81. The Balaban J connectivity index is 2.33. The Morgan fingerprint density at radius 3 is 2.88 bits per heavy atom. The summed E-state index contributed by atoms with van der Waals surface area (Å²) in [6.45, 7) is 7.73. The van der Waals surface area contributed by atoms with Crippen molar-refractivity contribution < 1.29 is 4.42 Å². The lowest BCUT2D eigenvalue weighted by molar-refractivity contribution is 0.570. The van der Waals surface area contributed by atoms with E-state index >= 15 is 0 Å². The molecule has 2 rings (SSSR count). The molecule has 1 N–H and O–H groups in total. The minimum atomic E-state index is 0.735. The highest BCUT2D eigenvalue weighted by atomic mass is 32.1. The third-order valence-corrected chi connectivity index (χ3v) is 3.37. The van der Waals surface area contributed by atoms with E-state index in [0.717, 1.165) is 40.1 Å². The molecule has 16 heavy (non-hydrogen) atoms. The highest BCUT2D eigenvalue weighted by Gasteiger charge is 2.15. The van der Waals surface area contributed by atoms with E-state index < -0.39 is 0 Å². The van der Waals surface area contributed by atoms with Crippen LogP contribution in [0.25, 0.3) is 10.6 Å². The number of hydrogen-bond acceptors (Lipinski definition) is 5. The molecule has 0 aromatic carbocycles. The Bertz CT molecular complexity index is 475. The fourth-order valence-electron chi connectivity index (χ4n) is 1.57. The van der Waals surface area contributed by atoms with Crippen molar-refractivity contribution >= 4 is 11.3 Å². The van der Waals surface area contributed by atoms with Crippen molar-refractivity contribution in [2.45, 2.75) is 27.3 Å². The van der Waals surface area contributed by atoms with E-state index in [1.165, 1.54) is 6.39 Å². The number of thiazole rings is 1. The average molecular weight is 237 g/mol. The van der Waals surface area contributed by atoms with E-state index in [-0.39, 0.29) is 0 Å². The van der Waals surface area contributed by atoms with Crippen LogP contribution in [0.1, 0.15) is 23.3 Å². The topological polar surface area (TPSA) is 51.0 Å². The van der Waals surface area contributed by atoms with Crippen LogP contribution < -0.4 is 5.32 Å². The molecule has 0 spiro atoms. The summed E-state index contributed by atoms with van der Waals surface area (Å²) < 4.78 is 5.46. The Hall–Kier alpha value is -1.20. The van der Waals surface area contributed by atoms with Crippen LogP contribution in [0.2, 0.25) is 0 Å². The monoisotopic (exact) mass is 237 g/mol. The van der Waals surface area contributed by atoms with Gasteiger partial charge in [-0.3, -0.25) is 0 Å². The number of hydrogen-bond donors (Lipinski definition) is 1. The summed E-state index contributed by atoms with van der Waals surface area (Å²) in [5.41, 5.74) is 1.96.